The summed E-state index contributed by atoms with van der Waals surface area (Å²) in [6.07, 6.45) is 3.81. The third-order valence-electron chi connectivity index (χ3n) is 3.53. The van der Waals surface area contributed by atoms with Crippen LogP contribution in [0.5, 0.6) is 0 Å². The molecule has 19 heavy (non-hydrogen) atoms. The second-order valence-corrected chi connectivity index (χ2v) is 5.46. The summed E-state index contributed by atoms with van der Waals surface area (Å²) in [5.41, 5.74) is 0.972. The maximum atomic E-state index is 11.7. The molecule has 0 radical (unpaired) electrons. The molecular weight excluding hydrogens is 262 g/mol. The van der Waals surface area contributed by atoms with E-state index >= 15 is 0 Å². The number of hydrogen-bond acceptors (Lipinski definition) is 3. The zero-order chi connectivity index (χ0) is 13.5. The van der Waals surface area contributed by atoms with Gasteiger partial charge in [-0.05, 0) is 56.0 Å². The first kappa shape index (κ1) is 14.4. The Labute approximate surface area is 119 Å². The molecule has 0 aliphatic carbocycles. The van der Waals surface area contributed by atoms with Crippen LogP contribution in [0.25, 0.3) is 0 Å². The van der Waals surface area contributed by atoms with Crippen LogP contribution in [-0.2, 0) is 16.1 Å². The van der Waals surface area contributed by atoms with Crippen LogP contribution < -0.4 is 5.32 Å². The Bertz CT molecular complexity index is 399. The maximum absolute atomic E-state index is 11.7. The zero-order valence-electron chi connectivity index (χ0n) is 11.0. The van der Waals surface area contributed by atoms with Crippen molar-refractivity contribution >= 4 is 17.6 Å². The molecule has 0 saturated carbocycles. The molecular formula is C15H20ClNO2. The number of nitrogens with one attached hydrogen (secondary N) is 1. The first-order valence-electron chi connectivity index (χ1n) is 6.85. The second kappa shape index (κ2) is 7.51. The summed E-state index contributed by atoms with van der Waals surface area (Å²) in [7, 11) is 0. The molecule has 0 spiro atoms. The Morgan fingerprint density at radius 2 is 1.95 bits per heavy atom. The molecule has 4 heteroatoms. The fraction of sp³-hybridized carbons (Fsp3) is 0.533. The van der Waals surface area contributed by atoms with Crippen molar-refractivity contribution in [3.8, 4) is 0 Å². The van der Waals surface area contributed by atoms with E-state index < -0.39 is 0 Å². The lowest BCUT2D eigenvalue weighted by Crippen LogP contribution is -2.28. The normalized spacial score (nSPS) is 16.3. The number of carbonyl (C=O) groups excluding carboxylic acids is 1. The Morgan fingerprint density at radius 1 is 1.26 bits per heavy atom. The summed E-state index contributed by atoms with van der Waals surface area (Å²) in [6, 6.07) is 7.37. The van der Waals surface area contributed by atoms with Crippen LogP contribution in [0, 0.1) is 5.92 Å². The van der Waals surface area contributed by atoms with Gasteiger partial charge in [0.25, 0.3) is 0 Å². The van der Waals surface area contributed by atoms with Crippen LogP contribution >= 0.6 is 11.6 Å². The standard InChI is InChI=1S/C15H20ClNO2/c16-14-4-1-13(2-5-14)11-19-15(18)6-3-12-7-9-17-10-8-12/h1-2,4-5,12,17H,3,6-11H2. The van der Waals surface area contributed by atoms with Gasteiger partial charge in [0.2, 0.25) is 0 Å². The number of hydrogen-bond donors (Lipinski definition) is 1. The van der Waals surface area contributed by atoms with Crippen LogP contribution in [-0.4, -0.2) is 19.1 Å². The molecule has 1 saturated heterocycles. The van der Waals surface area contributed by atoms with Crippen LogP contribution in [0.3, 0.4) is 0 Å². The highest BCUT2D eigenvalue weighted by molar-refractivity contribution is 6.30. The summed E-state index contributed by atoms with van der Waals surface area (Å²) >= 11 is 5.80. The van der Waals surface area contributed by atoms with E-state index in [1.807, 2.05) is 12.1 Å². The average molecular weight is 282 g/mol. The molecule has 1 N–H and O–H groups in total. The van der Waals surface area contributed by atoms with Crippen molar-refractivity contribution < 1.29 is 9.53 Å². The molecule has 104 valence electrons. The molecule has 1 heterocycles. The monoisotopic (exact) mass is 281 g/mol. The van der Waals surface area contributed by atoms with E-state index in [1.165, 1.54) is 12.8 Å². The van der Waals surface area contributed by atoms with Gasteiger partial charge in [0.15, 0.2) is 0 Å². The smallest absolute Gasteiger partial charge is 0.306 e. The lowest BCUT2D eigenvalue weighted by Gasteiger charge is -2.21. The molecule has 1 aliphatic rings. The Balaban J connectivity index is 1.65. The highest BCUT2D eigenvalue weighted by Gasteiger charge is 2.14. The van der Waals surface area contributed by atoms with E-state index in [1.54, 1.807) is 12.1 Å². The largest absolute Gasteiger partial charge is 0.461 e. The van der Waals surface area contributed by atoms with Crippen molar-refractivity contribution in [3.63, 3.8) is 0 Å². The minimum Gasteiger partial charge on any atom is -0.461 e. The minimum atomic E-state index is -0.103. The summed E-state index contributed by atoms with van der Waals surface area (Å²) in [4.78, 5) is 11.7. The quantitative estimate of drug-likeness (QED) is 0.843. The number of halogens is 1. The van der Waals surface area contributed by atoms with Gasteiger partial charge in [-0.1, -0.05) is 23.7 Å². The average Bonchev–Trinajstić information content (AvgIpc) is 2.45. The number of esters is 1. The number of piperidine rings is 1. The molecule has 0 atom stereocenters. The molecule has 0 bridgehead atoms. The number of carbonyl (C=O) groups is 1. The van der Waals surface area contributed by atoms with E-state index in [0.717, 1.165) is 25.1 Å². The predicted octanol–water partition coefficient (Wildman–Crippen LogP) is 3.16. The molecule has 0 unspecified atom stereocenters. The zero-order valence-corrected chi connectivity index (χ0v) is 11.8. The molecule has 2 rings (SSSR count). The van der Waals surface area contributed by atoms with Crippen molar-refractivity contribution in [2.24, 2.45) is 5.92 Å². The Morgan fingerprint density at radius 3 is 2.63 bits per heavy atom. The van der Waals surface area contributed by atoms with E-state index in [-0.39, 0.29) is 5.97 Å². The minimum absolute atomic E-state index is 0.103. The van der Waals surface area contributed by atoms with Gasteiger partial charge in [-0.15, -0.1) is 0 Å². The Kier molecular flexibility index (Phi) is 5.67. The maximum Gasteiger partial charge on any atom is 0.306 e. The van der Waals surface area contributed by atoms with E-state index in [9.17, 15) is 4.79 Å². The van der Waals surface area contributed by atoms with Crippen LogP contribution in [0.4, 0.5) is 0 Å². The number of rotatable bonds is 5. The van der Waals surface area contributed by atoms with Crippen LogP contribution in [0.2, 0.25) is 5.02 Å². The van der Waals surface area contributed by atoms with Crippen molar-refractivity contribution in [3.05, 3.63) is 34.9 Å². The SMILES string of the molecule is O=C(CCC1CCNCC1)OCc1ccc(Cl)cc1. The summed E-state index contributed by atoms with van der Waals surface area (Å²) in [6.45, 7) is 2.48. The van der Waals surface area contributed by atoms with Crippen molar-refractivity contribution in [1.29, 1.82) is 0 Å². The van der Waals surface area contributed by atoms with Gasteiger partial charge in [0, 0.05) is 11.4 Å². The topological polar surface area (TPSA) is 38.3 Å². The van der Waals surface area contributed by atoms with Gasteiger partial charge in [-0.25, -0.2) is 0 Å². The van der Waals surface area contributed by atoms with Gasteiger partial charge in [-0.2, -0.15) is 0 Å². The molecule has 0 amide bonds. The van der Waals surface area contributed by atoms with Gasteiger partial charge >= 0.3 is 5.97 Å². The molecule has 3 nitrogen and oxygen atoms in total. The summed E-state index contributed by atoms with van der Waals surface area (Å²) < 4.78 is 5.26. The lowest BCUT2D eigenvalue weighted by molar-refractivity contribution is -0.145. The number of ether oxygens (including phenoxy) is 1. The fourth-order valence-corrected chi connectivity index (χ4v) is 2.43. The highest BCUT2D eigenvalue weighted by atomic mass is 35.5. The van der Waals surface area contributed by atoms with E-state index in [4.69, 9.17) is 16.3 Å². The van der Waals surface area contributed by atoms with Gasteiger partial charge in [-0.3, -0.25) is 4.79 Å². The molecule has 1 fully saturated rings. The summed E-state index contributed by atoms with van der Waals surface area (Å²) in [5.74, 6) is 0.567. The van der Waals surface area contributed by atoms with Crippen molar-refractivity contribution in [2.45, 2.75) is 32.3 Å². The molecule has 1 aromatic carbocycles. The van der Waals surface area contributed by atoms with E-state index in [2.05, 4.69) is 5.32 Å². The molecule has 1 aromatic rings. The van der Waals surface area contributed by atoms with Gasteiger partial charge in [0.05, 0.1) is 0 Å². The van der Waals surface area contributed by atoms with Gasteiger partial charge < -0.3 is 10.1 Å². The lowest BCUT2D eigenvalue weighted by atomic mass is 9.93. The highest BCUT2D eigenvalue weighted by Crippen LogP contribution is 2.18. The van der Waals surface area contributed by atoms with Crippen molar-refractivity contribution in [2.75, 3.05) is 13.1 Å². The number of benzene rings is 1. The fourth-order valence-electron chi connectivity index (χ4n) is 2.31. The van der Waals surface area contributed by atoms with Crippen LogP contribution in [0.15, 0.2) is 24.3 Å². The third kappa shape index (κ3) is 5.21. The molecule has 0 aromatic heterocycles. The Hall–Kier alpha value is -1.06. The first-order chi connectivity index (χ1) is 9.24. The van der Waals surface area contributed by atoms with Gasteiger partial charge in [0.1, 0.15) is 6.61 Å². The van der Waals surface area contributed by atoms with Crippen LogP contribution in [0.1, 0.15) is 31.2 Å². The van der Waals surface area contributed by atoms with Crippen molar-refractivity contribution in [1.82, 2.24) is 5.32 Å². The molecule has 1 aliphatic heterocycles. The second-order valence-electron chi connectivity index (χ2n) is 5.02. The summed E-state index contributed by atoms with van der Waals surface area (Å²) in [5, 5.41) is 4.02. The predicted molar refractivity (Wildman–Crippen MR) is 76.1 cm³/mol. The first-order valence-corrected chi connectivity index (χ1v) is 7.22. The third-order valence-corrected chi connectivity index (χ3v) is 3.78. The van der Waals surface area contributed by atoms with E-state index in [0.29, 0.717) is 24.0 Å².